The number of carbonyl (C=O) groups is 1. The number of aliphatic hydroxyl groups is 1. The van der Waals surface area contributed by atoms with Crippen LogP contribution in [0.4, 0.5) is 0 Å². The molecule has 1 aromatic carbocycles. The van der Waals surface area contributed by atoms with Crippen molar-refractivity contribution in [1.82, 2.24) is 5.32 Å². The van der Waals surface area contributed by atoms with Crippen molar-refractivity contribution < 1.29 is 9.90 Å². The number of rotatable bonds is 4. The molecular weight excluding hydrogens is 274 g/mol. The van der Waals surface area contributed by atoms with Gasteiger partial charge in [0.15, 0.2) is 0 Å². The van der Waals surface area contributed by atoms with Crippen molar-refractivity contribution in [3.05, 3.63) is 35.9 Å². The van der Waals surface area contributed by atoms with Gasteiger partial charge in [0.2, 0.25) is 5.91 Å². The van der Waals surface area contributed by atoms with Crippen LogP contribution in [0, 0.1) is 23.2 Å². The maximum absolute atomic E-state index is 13.0. The highest BCUT2D eigenvalue weighted by atomic mass is 16.3. The van der Waals surface area contributed by atoms with Crippen LogP contribution < -0.4 is 5.32 Å². The molecule has 4 fully saturated rings. The van der Waals surface area contributed by atoms with Gasteiger partial charge < -0.3 is 10.4 Å². The van der Waals surface area contributed by atoms with Crippen LogP contribution in [0.25, 0.3) is 0 Å². The molecule has 118 valence electrons. The molecule has 4 aliphatic rings. The molecule has 5 rings (SSSR count). The highest BCUT2D eigenvalue weighted by molar-refractivity contribution is 5.83. The number of carbonyl (C=O) groups excluding carboxylic acids is 1. The summed E-state index contributed by atoms with van der Waals surface area (Å²) in [5, 5.41) is 12.8. The number of benzene rings is 1. The fourth-order valence-corrected chi connectivity index (χ4v) is 5.62. The molecule has 3 heteroatoms. The Kier molecular flexibility index (Phi) is 3.48. The summed E-state index contributed by atoms with van der Waals surface area (Å²) in [6.07, 6.45) is 7.23. The Labute approximate surface area is 132 Å². The van der Waals surface area contributed by atoms with Gasteiger partial charge in [-0.2, -0.15) is 0 Å². The molecule has 0 aromatic heterocycles. The number of aliphatic hydroxyl groups excluding tert-OH is 1. The highest BCUT2D eigenvalue weighted by Crippen LogP contribution is 2.60. The van der Waals surface area contributed by atoms with Crippen molar-refractivity contribution in [3.8, 4) is 0 Å². The fraction of sp³-hybridized carbons (Fsp3) is 0.632. The molecule has 1 amide bonds. The summed E-state index contributed by atoms with van der Waals surface area (Å²) in [5.41, 5.74) is 0.847. The topological polar surface area (TPSA) is 49.3 Å². The van der Waals surface area contributed by atoms with Gasteiger partial charge in [-0.25, -0.2) is 0 Å². The lowest BCUT2D eigenvalue weighted by atomic mass is 9.49. The van der Waals surface area contributed by atoms with E-state index in [4.69, 9.17) is 0 Å². The smallest absolute Gasteiger partial charge is 0.226 e. The Hall–Kier alpha value is -1.35. The maximum Gasteiger partial charge on any atom is 0.226 e. The number of amides is 1. The minimum absolute atomic E-state index is 0.0396. The largest absolute Gasteiger partial charge is 0.394 e. The third-order valence-corrected chi connectivity index (χ3v) is 6.21. The Bertz CT molecular complexity index is 519. The Balaban J connectivity index is 1.52. The summed E-state index contributed by atoms with van der Waals surface area (Å²) in [6.45, 7) is -0.0396. The first kappa shape index (κ1) is 14.3. The van der Waals surface area contributed by atoms with E-state index in [1.54, 1.807) is 0 Å². The van der Waals surface area contributed by atoms with Gasteiger partial charge in [-0.1, -0.05) is 30.3 Å². The Morgan fingerprint density at radius 2 is 1.64 bits per heavy atom. The molecule has 1 aromatic rings. The molecule has 4 bridgehead atoms. The standard InChI is InChI=1S/C19H25NO2/c21-12-17(16-4-2-1-3-5-16)20-18(22)19-9-13-6-14(10-19)8-15(7-13)11-19/h1-5,13-15,17,21H,6-12H2,(H,20,22)/t13?,14?,15?,17-,19?/m1/s1. The van der Waals surface area contributed by atoms with E-state index in [1.807, 2.05) is 30.3 Å². The van der Waals surface area contributed by atoms with Gasteiger partial charge >= 0.3 is 0 Å². The minimum Gasteiger partial charge on any atom is -0.394 e. The van der Waals surface area contributed by atoms with E-state index in [0.29, 0.717) is 0 Å². The van der Waals surface area contributed by atoms with Crippen molar-refractivity contribution in [2.24, 2.45) is 23.2 Å². The zero-order chi connectivity index (χ0) is 15.2. The van der Waals surface area contributed by atoms with E-state index < -0.39 is 0 Å². The predicted molar refractivity (Wildman–Crippen MR) is 85.0 cm³/mol. The molecule has 2 N–H and O–H groups in total. The molecule has 4 aliphatic carbocycles. The normalized spacial score (nSPS) is 37.0. The summed E-state index contributed by atoms with van der Waals surface area (Å²) >= 11 is 0. The van der Waals surface area contributed by atoms with E-state index in [2.05, 4.69) is 5.32 Å². The first-order valence-corrected chi connectivity index (χ1v) is 8.65. The van der Waals surface area contributed by atoms with Crippen LogP contribution >= 0.6 is 0 Å². The van der Waals surface area contributed by atoms with E-state index >= 15 is 0 Å². The van der Waals surface area contributed by atoms with Gasteiger partial charge in [-0.15, -0.1) is 0 Å². The lowest BCUT2D eigenvalue weighted by molar-refractivity contribution is -0.147. The second-order valence-corrected chi connectivity index (χ2v) is 7.82. The third-order valence-electron chi connectivity index (χ3n) is 6.21. The molecule has 22 heavy (non-hydrogen) atoms. The van der Waals surface area contributed by atoms with Crippen molar-refractivity contribution in [2.45, 2.75) is 44.6 Å². The zero-order valence-corrected chi connectivity index (χ0v) is 13.0. The third kappa shape index (κ3) is 2.36. The maximum atomic E-state index is 13.0. The van der Waals surface area contributed by atoms with Crippen molar-refractivity contribution in [3.63, 3.8) is 0 Å². The molecule has 0 saturated heterocycles. The van der Waals surface area contributed by atoms with E-state index in [1.165, 1.54) is 19.3 Å². The van der Waals surface area contributed by atoms with Crippen LogP contribution in [0.3, 0.4) is 0 Å². The quantitative estimate of drug-likeness (QED) is 0.897. The molecule has 4 saturated carbocycles. The molecule has 3 nitrogen and oxygen atoms in total. The number of nitrogens with one attached hydrogen (secondary N) is 1. The first-order valence-electron chi connectivity index (χ1n) is 8.65. The Morgan fingerprint density at radius 3 is 2.14 bits per heavy atom. The van der Waals surface area contributed by atoms with Crippen LogP contribution in [0.2, 0.25) is 0 Å². The lowest BCUT2D eigenvalue weighted by Gasteiger charge is -2.55. The van der Waals surface area contributed by atoms with Crippen molar-refractivity contribution in [2.75, 3.05) is 6.61 Å². The predicted octanol–water partition coefficient (Wildman–Crippen LogP) is 3.05. The molecule has 0 unspecified atom stereocenters. The average molecular weight is 299 g/mol. The lowest BCUT2D eigenvalue weighted by Crippen LogP contribution is -2.54. The van der Waals surface area contributed by atoms with Crippen LogP contribution in [-0.2, 0) is 4.79 Å². The molecule has 0 radical (unpaired) electrons. The molecule has 0 spiro atoms. The fourth-order valence-electron chi connectivity index (χ4n) is 5.62. The number of hydrogen-bond donors (Lipinski definition) is 2. The molecule has 0 aliphatic heterocycles. The van der Waals surface area contributed by atoms with Gasteiger partial charge in [-0.3, -0.25) is 4.79 Å². The summed E-state index contributed by atoms with van der Waals surface area (Å²) in [7, 11) is 0. The SMILES string of the molecule is O=C(N[C@H](CO)c1ccccc1)C12CC3CC(CC(C3)C1)C2. The molecular formula is C19H25NO2. The summed E-state index contributed by atoms with van der Waals surface area (Å²) in [4.78, 5) is 13.0. The van der Waals surface area contributed by atoms with Gasteiger partial charge in [0.1, 0.15) is 0 Å². The number of hydrogen-bond acceptors (Lipinski definition) is 2. The van der Waals surface area contributed by atoms with Crippen molar-refractivity contribution >= 4 is 5.91 Å². The van der Waals surface area contributed by atoms with Crippen LogP contribution in [0.5, 0.6) is 0 Å². The second kappa shape index (κ2) is 5.38. The van der Waals surface area contributed by atoms with E-state index in [9.17, 15) is 9.90 Å². The van der Waals surface area contributed by atoms with Gasteiger partial charge in [0.25, 0.3) is 0 Å². The minimum atomic E-state index is -0.276. The van der Waals surface area contributed by atoms with Crippen LogP contribution in [0.1, 0.15) is 50.1 Å². The monoisotopic (exact) mass is 299 g/mol. The first-order chi connectivity index (χ1) is 10.7. The average Bonchev–Trinajstić information content (AvgIpc) is 2.52. The van der Waals surface area contributed by atoms with Gasteiger partial charge in [0, 0.05) is 5.41 Å². The Morgan fingerprint density at radius 1 is 1.09 bits per heavy atom. The van der Waals surface area contributed by atoms with Gasteiger partial charge in [0.05, 0.1) is 12.6 Å². The van der Waals surface area contributed by atoms with Crippen molar-refractivity contribution in [1.29, 1.82) is 0 Å². The van der Waals surface area contributed by atoms with E-state index in [-0.39, 0.29) is 24.0 Å². The highest BCUT2D eigenvalue weighted by Gasteiger charge is 2.54. The van der Waals surface area contributed by atoms with E-state index in [0.717, 1.165) is 42.6 Å². The zero-order valence-electron chi connectivity index (χ0n) is 13.0. The second-order valence-electron chi connectivity index (χ2n) is 7.82. The molecule has 1 atom stereocenters. The van der Waals surface area contributed by atoms with Gasteiger partial charge in [-0.05, 0) is 61.8 Å². The summed E-state index contributed by atoms with van der Waals surface area (Å²) in [5.74, 6) is 2.48. The molecule has 0 heterocycles. The van der Waals surface area contributed by atoms with Crippen LogP contribution in [0.15, 0.2) is 30.3 Å². The summed E-state index contributed by atoms with van der Waals surface area (Å²) in [6, 6.07) is 9.53. The van der Waals surface area contributed by atoms with Crippen LogP contribution in [-0.4, -0.2) is 17.6 Å². The summed E-state index contributed by atoms with van der Waals surface area (Å²) < 4.78 is 0.